The van der Waals surface area contributed by atoms with Gasteiger partial charge in [0.05, 0.1) is 0 Å². The predicted octanol–water partition coefficient (Wildman–Crippen LogP) is 3.72. The van der Waals surface area contributed by atoms with Crippen molar-refractivity contribution in [3.63, 3.8) is 0 Å². The molecule has 1 N–H and O–H groups in total. The molecule has 0 spiro atoms. The summed E-state index contributed by atoms with van der Waals surface area (Å²) in [5.74, 6) is 1.97. The SMILES string of the molecule is Cc1noc(C2CN(C(=O)CCc3c[nH]c4ccccc34)CCCN2CC(C)C)n1. The number of benzene rings is 1. The van der Waals surface area contributed by atoms with Gasteiger partial charge in [0.2, 0.25) is 11.8 Å². The van der Waals surface area contributed by atoms with Gasteiger partial charge < -0.3 is 14.4 Å². The van der Waals surface area contributed by atoms with Gasteiger partial charge in [-0.2, -0.15) is 4.98 Å². The lowest BCUT2D eigenvalue weighted by atomic mass is 10.1. The number of nitrogens with one attached hydrogen (secondary N) is 1. The largest absolute Gasteiger partial charge is 0.361 e. The van der Waals surface area contributed by atoms with Gasteiger partial charge in [-0.05, 0) is 37.3 Å². The predicted molar refractivity (Wildman–Crippen MR) is 116 cm³/mol. The van der Waals surface area contributed by atoms with Gasteiger partial charge in [-0.25, -0.2) is 0 Å². The number of amides is 1. The van der Waals surface area contributed by atoms with E-state index < -0.39 is 0 Å². The number of fused-ring (bicyclic) bond motifs is 1. The van der Waals surface area contributed by atoms with E-state index in [0.29, 0.717) is 30.6 Å². The number of rotatable bonds is 6. The average Bonchev–Trinajstić information content (AvgIpc) is 3.28. The Balaban J connectivity index is 1.46. The molecule has 1 unspecified atom stereocenters. The average molecular weight is 410 g/mol. The van der Waals surface area contributed by atoms with E-state index in [1.807, 2.05) is 30.2 Å². The van der Waals surface area contributed by atoms with Crippen LogP contribution in [-0.2, 0) is 11.2 Å². The summed E-state index contributed by atoms with van der Waals surface area (Å²) >= 11 is 0. The Morgan fingerprint density at radius 2 is 2.13 bits per heavy atom. The first-order chi connectivity index (χ1) is 14.5. The van der Waals surface area contributed by atoms with Crippen LogP contribution in [0, 0.1) is 12.8 Å². The van der Waals surface area contributed by atoms with Crippen molar-refractivity contribution in [2.75, 3.05) is 26.2 Å². The highest BCUT2D eigenvalue weighted by molar-refractivity contribution is 5.84. The van der Waals surface area contributed by atoms with Crippen LogP contribution < -0.4 is 0 Å². The highest BCUT2D eigenvalue weighted by atomic mass is 16.5. The topological polar surface area (TPSA) is 78.3 Å². The lowest BCUT2D eigenvalue weighted by Gasteiger charge is -2.30. The molecule has 3 heterocycles. The van der Waals surface area contributed by atoms with Crippen LogP contribution in [0.1, 0.15) is 50.0 Å². The number of hydrogen-bond acceptors (Lipinski definition) is 5. The molecule has 1 aliphatic rings. The minimum absolute atomic E-state index is 0.0480. The normalized spacial score (nSPS) is 18.3. The lowest BCUT2D eigenvalue weighted by molar-refractivity contribution is -0.131. The molecule has 1 aromatic carbocycles. The number of hydrogen-bond donors (Lipinski definition) is 1. The Labute approximate surface area is 177 Å². The number of aryl methyl sites for hydroxylation is 2. The molecular weight excluding hydrogens is 378 g/mol. The summed E-state index contributed by atoms with van der Waals surface area (Å²) in [5.41, 5.74) is 2.31. The summed E-state index contributed by atoms with van der Waals surface area (Å²) in [6, 6.07) is 8.18. The number of H-pyrrole nitrogens is 1. The van der Waals surface area contributed by atoms with Crippen LogP contribution in [0.15, 0.2) is 35.0 Å². The third-order valence-corrected chi connectivity index (χ3v) is 5.77. The number of aromatic amines is 1. The fraction of sp³-hybridized carbons (Fsp3) is 0.522. The maximum Gasteiger partial charge on any atom is 0.245 e. The van der Waals surface area contributed by atoms with Crippen LogP contribution in [0.2, 0.25) is 0 Å². The molecule has 30 heavy (non-hydrogen) atoms. The highest BCUT2D eigenvalue weighted by Gasteiger charge is 2.32. The molecule has 1 atom stereocenters. The molecule has 0 aliphatic carbocycles. The summed E-state index contributed by atoms with van der Waals surface area (Å²) in [4.78, 5) is 25.3. The first-order valence-electron chi connectivity index (χ1n) is 10.9. The van der Waals surface area contributed by atoms with Crippen molar-refractivity contribution < 1.29 is 9.32 Å². The van der Waals surface area contributed by atoms with E-state index >= 15 is 0 Å². The Morgan fingerprint density at radius 1 is 1.30 bits per heavy atom. The Morgan fingerprint density at radius 3 is 2.90 bits per heavy atom. The Kier molecular flexibility index (Phi) is 6.18. The summed E-state index contributed by atoms with van der Waals surface area (Å²) in [6.07, 6.45) is 4.21. The second-order valence-electron chi connectivity index (χ2n) is 8.64. The third kappa shape index (κ3) is 4.56. The van der Waals surface area contributed by atoms with Crippen LogP contribution >= 0.6 is 0 Å². The van der Waals surface area contributed by atoms with Crippen molar-refractivity contribution in [2.24, 2.45) is 5.92 Å². The monoisotopic (exact) mass is 409 g/mol. The van der Waals surface area contributed by atoms with E-state index in [4.69, 9.17) is 4.52 Å². The summed E-state index contributed by atoms with van der Waals surface area (Å²) in [6.45, 7) is 9.50. The molecule has 7 nitrogen and oxygen atoms in total. The zero-order valence-corrected chi connectivity index (χ0v) is 18.1. The Bertz CT molecular complexity index is 992. The smallest absolute Gasteiger partial charge is 0.245 e. The van der Waals surface area contributed by atoms with Gasteiger partial charge in [-0.1, -0.05) is 37.2 Å². The van der Waals surface area contributed by atoms with Crippen LogP contribution in [0.5, 0.6) is 0 Å². The molecule has 0 radical (unpaired) electrons. The minimum atomic E-state index is -0.0480. The number of carbonyl (C=O) groups excluding carboxylic acids is 1. The third-order valence-electron chi connectivity index (χ3n) is 5.77. The second-order valence-corrected chi connectivity index (χ2v) is 8.64. The maximum atomic E-state index is 13.1. The van der Waals surface area contributed by atoms with E-state index in [9.17, 15) is 4.79 Å². The van der Waals surface area contributed by atoms with Crippen molar-refractivity contribution in [1.29, 1.82) is 0 Å². The molecule has 1 fully saturated rings. The first-order valence-corrected chi connectivity index (χ1v) is 10.9. The summed E-state index contributed by atoms with van der Waals surface area (Å²) in [5, 5.41) is 5.18. The van der Waals surface area contributed by atoms with Crippen LogP contribution in [0.3, 0.4) is 0 Å². The molecule has 1 saturated heterocycles. The summed E-state index contributed by atoms with van der Waals surface area (Å²) in [7, 11) is 0. The van der Waals surface area contributed by atoms with Crippen LogP contribution in [0.25, 0.3) is 10.9 Å². The maximum absolute atomic E-state index is 13.1. The molecule has 0 saturated carbocycles. The zero-order chi connectivity index (χ0) is 21.1. The number of aromatic nitrogens is 3. The van der Waals surface area contributed by atoms with E-state index in [1.165, 1.54) is 10.9 Å². The number of para-hydroxylation sites is 1. The fourth-order valence-electron chi connectivity index (χ4n) is 4.37. The molecule has 160 valence electrons. The zero-order valence-electron chi connectivity index (χ0n) is 18.1. The van der Waals surface area contributed by atoms with Crippen LogP contribution in [-0.4, -0.2) is 57.0 Å². The number of nitrogens with zero attached hydrogens (tertiary/aromatic N) is 4. The molecule has 0 bridgehead atoms. The molecular formula is C23H31N5O2. The standard InChI is InChI=1S/C23H31N5O2/c1-16(2)14-27-11-6-12-28(15-21(27)23-25-17(3)26-30-23)22(29)10-9-18-13-24-20-8-5-4-7-19(18)20/h4-5,7-8,13,16,21,24H,6,9-12,14-15H2,1-3H3. The van der Waals surface area contributed by atoms with Crippen molar-refractivity contribution in [2.45, 2.75) is 46.1 Å². The van der Waals surface area contributed by atoms with Crippen molar-refractivity contribution in [1.82, 2.24) is 24.9 Å². The van der Waals surface area contributed by atoms with Crippen molar-refractivity contribution >= 4 is 16.8 Å². The quantitative estimate of drug-likeness (QED) is 0.671. The van der Waals surface area contributed by atoms with E-state index in [0.717, 1.165) is 38.0 Å². The van der Waals surface area contributed by atoms with Gasteiger partial charge in [0.1, 0.15) is 6.04 Å². The van der Waals surface area contributed by atoms with E-state index in [1.54, 1.807) is 0 Å². The molecule has 4 rings (SSSR count). The van der Waals surface area contributed by atoms with Crippen LogP contribution in [0.4, 0.5) is 0 Å². The second kappa shape index (κ2) is 9.00. The molecule has 1 aliphatic heterocycles. The van der Waals surface area contributed by atoms with Gasteiger partial charge in [0.25, 0.3) is 0 Å². The first kappa shape index (κ1) is 20.6. The fourth-order valence-corrected chi connectivity index (χ4v) is 4.37. The van der Waals surface area contributed by atoms with E-state index in [-0.39, 0.29) is 11.9 Å². The molecule has 3 aromatic rings. The van der Waals surface area contributed by atoms with Gasteiger partial charge in [-0.15, -0.1) is 0 Å². The lowest BCUT2D eigenvalue weighted by Crippen LogP contribution is -2.39. The van der Waals surface area contributed by atoms with Gasteiger partial charge in [0.15, 0.2) is 5.82 Å². The highest BCUT2D eigenvalue weighted by Crippen LogP contribution is 2.26. The molecule has 1 amide bonds. The minimum Gasteiger partial charge on any atom is -0.361 e. The van der Waals surface area contributed by atoms with E-state index in [2.05, 4.69) is 46.0 Å². The van der Waals surface area contributed by atoms with Crippen molar-refractivity contribution in [3.05, 3.63) is 47.7 Å². The van der Waals surface area contributed by atoms with Gasteiger partial charge in [-0.3, -0.25) is 9.69 Å². The summed E-state index contributed by atoms with van der Waals surface area (Å²) < 4.78 is 5.52. The van der Waals surface area contributed by atoms with Crippen molar-refractivity contribution in [3.8, 4) is 0 Å². The van der Waals surface area contributed by atoms with Gasteiger partial charge >= 0.3 is 0 Å². The molecule has 7 heteroatoms. The number of carbonyl (C=O) groups is 1. The van der Waals surface area contributed by atoms with Gasteiger partial charge in [0, 0.05) is 49.7 Å². The Hall–Kier alpha value is -2.67. The molecule has 2 aromatic heterocycles.